The summed E-state index contributed by atoms with van der Waals surface area (Å²) >= 11 is 3.43. The smallest absolute Gasteiger partial charge is 0.422 e. The zero-order valence-corrected chi connectivity index (χ0v) is 63.0. The minimum absolute atomic E-state index is 0.0109. The van der Waals surface area contributed by atoms with E-state index in [1.807, 2.05) is 86.6 Å². The summed E-state index contributed by atoms with van der Waals surface area (Å²) in [5.74, 6) is -0.577. The van der Waals surface area contributed by atoms with Crippen LogP contribution >= 0.6 is 35.2 Å². The van der Waals surface area contributed by atoms with E-state index in [4.69, 9.17) is 18.9 Å². The zero-order valence-electron chi connectivity index (χ0n) is 60.6. The van der Waals surface area contributed by atoms with Gasteiger partial charge in [-0.05, 0) is 240 Å². The molecule has 5 aliphatic carbocycles. The Hall–Kier alpha value is -10.7. The van der Waals surface area contributed by atoms with Gasteiger partial charge in [0, 0.05) is 22.3 Å². The minimum Gasteiger partial charge on any atom is -0.493 e. The van der Waals surface area contributed by atoms with Crippen molar-refractivity contribution in [3.63, 3.8) is 0 Å². The number of carboxylic acids is 4. The van der Waals surface area contributed by atoms with Crippen molar-refractivity contribution in [2.45, 2.75) is 139 Å². The number of aliphatic carboxylic acids is 4. The van der Waals surface area contributed by atoms with Crippen molar-refractivity contribution in [1.29, 1.82) is 0 Å². The number of alkyl halides is 6. The number of hydrogen-bond acceptors (Lipinski definition) is 20. The van der Waals surface area contributed by atoms with Crippen LogP contribution in [0.5, 0.6) is 23.0 Å². The summed E-state index contributed by atoms with van der Waals surface area (Å²) in [6.07, 6.45) is 3.08. The van der Waals surface area contributed by atoms with Crippen LogP contribution in [0.2, 0.25) is 0 Å². The van der Waals surface area contributed by atoms with Crippen LogP contribution in [0, 0.1) is 23.7 Å². The number of nitrogens with zero attached hydrogens (tertiary/aromatic N) is 8. The highest BCUT2D eigenvalue weighted by atomic mass is 32.1. The average Bonchev–Trinajstić information content (AvgIpc) is 1.44. The second-order valence-corrected chi connectivity index (χ2v) is 31.3. The van der Waals surface area contributed by atoms with Gasteiger partial charge in [0.1, 0.15) is 67.1 Å². The van der Waals surface area contributed by atoms with Gasteiger partial charge in [0.2, 0.25) is 0 Å². The van der Waals surface area contributed by atoms with Crippen LogP contribution in [-0.4, -0.2) is 120 Å². The van der Waals surface area contributed by atoms with Crippen molar-refractivity contribution in [2.75, 3.05) is 26.4 Å². The van der Waals surface area contributed by atoms with Gasteiger partial charge >= 0.3 is 36.2 Å². The first-order valence-electron chi connectivity index (χ1n) is 36.8. The molecule has 5 fully saturated rings. The molecule has 0 aliphatic heterocycles. The molecule has 2 unspecified atom stereocenters. The number of aromatic nitrogens is 8. The van der Waals surface area contributed by atoms with Crippen LogP contribution in [0.4, 0.5) is 26.3 Å². The van der Waals surface area contributed by atoms with Crippen molar-refractivity contribution in [2.24, 2.45) is 23.7 Å². The molecule has 112 heavy (non-hydrogen) atoms. The molecule has 5 saturated carbocycles. The lowest BCUT2D eigenvalue weighted by atomic mass is 9.64. The van der Waals surface area contributed by atoms with Crippen molar-refractivity contribution < 1.29 is 89.5 Å². The molecule has 21 nitrogen and oxygen atoms in total. The third-order valence-electron chi connectivity index (χ3n) is 21.1. The van der Waals surface area contributed by atoms with E-state index in [0.717, 1.165) is 111 Å². The van der Waals surface area contributed by atoms with Gasteiger partial charge in [-0.1, -0.05) is 88.1 Å². The summed E-state index contributed by atoms with van der Waals surface area (Å²) in [6, 6.07) is 42.8. The molecule has 4 aromatic heterocycles. The lowest BCUT2D eigenvalue weighted by Crippen LogP contribution is -2.42. The summed E-state index contributed by atoms with van der Waals surface area (Å²) < 4.78 is 128. The standard InChI is InChI=1S/C22H22N2O3S.C22H24N2O3S.C19H15F3N2O4.C19H15F3N2O3S/c25-22(26)18(9-13-1-2-13)15-6-8-21(27-12-14-3-4-14)17(10-15)16-5-7-19-20(11-16)24-28-23-19;1-13(2)9-18(22(25)26)15-6-8-21(27-12-14-3-4-14)17(10-15)16-5-7-19-20(11-16)24-28-23-19;2*20-19(21,22)10-27-16-5-3-12(18(17(25)26)6-1-7-18)9-13(16)11-2-4-14-15(8-11)24-28-23-14/h5-8,10-11,13-14,18H,1-4,9,12H2,(H,25,26);5-8,10-11,13-14,18H,3-4,9,12H2,1-2H3,(H,25,26);2*2-5,8-9H,1,6-7,10H2,(H,25,26). The first-order chi connectivity index (χ1) is 53.7. The number of ether oxygens (including phenoxy) is 4. The second kappa shape index (κ2) is 32.9. The number of carboxylic acid groups (broad SMARTS) is 4. The molecule has 4 N–H and O–H groups in total. The Labute approximate surface area is 649 Å². The summed E-state index contributed by atoms with van der Waals surface area (Å²) in [4.78, 5) is 47.5. The third-order valence-corrected chi connectivity index (χ3v) is 22.7. The number of benzene rings is 8. The number of hydrogen-bond donors (Lipinski definition) is 4. The lowest BCUT2D eigenvalue weighted by Gasteiger charge is -2.38. The Bertz CT molecular complexity index is 5110. The minimum atomic E-state index is -4.49. The van der Waals surface area contributed by atoms with Gasteiger partial charge in [-0.15, -0.1) is 0 Å². The molecule has 0 spiro atoms. The monoisotopic (exact) mass is 1590 g/mol. The van der Waals surface area contributed by atoms with Crippen molar-refractivity contribution in [3.05, 3.63) is 168 Å². The van der Waals surface area contributed by atoms with Crippen molar-refractivity contribution in [1.82, 2.24) is 36.6 Å². The predicted molar refractivity (Wildman–Crippen MR) is 409 cm³/mol. The zero-order chi connectivity index (χ0) is 78.6. The highest BCUT2D eigenvalue weighted by molar-refractivity contribution is 7.00. The summed E-state index contributed by atoms with van der Waals surface area (Å²) in [7, 11) is 0. The van der Waals surface area contributed by atoms with Gasteiger partial charge in [0.25, 0.3) is 0 Å². The largest absolute Gasteiger partial charge is 0.493 e. The second-order valence-electron chi connectivity index (χ2n) is 29.7. The van der Waals surface area contributed by atoms with Crippen LogP contribution in [0.3, 0.4) is 0 Å². The van der Waals surface area contributed by atoms with E-state index in [-0.39, 0.29) is 11.5 Å². The SMILES string of the molecule is CC(C)CC(C(=O)O)c1ccc(OCC2CC2)c(-c2ccc3nsnc3c2)c1.O=C(O)C(CC1CC1)c1ccc(OCC2CC2)c(-c2ccc3nsnc3c2)c1.O=C(O)C1(c2ccc(OCC(F)(F)F)c(-c3ccc4nonc4c3)c2)CCC1.O=C(O)C1(c2ccc(OCC(F)(F)F)c(-c3ccc4nsnc4c3)c2)CCC1. The van der Waals surface area contributed by atoms with E-state index in [2.05, 4.69) is 41.2 Å². The molecule has 0 amide bonds. The quantitative estimate of drug-likeness (QED) is 0.0366. The van der Waals surface area contributed by atoms with E-state index in [0.29, 0.717) is 124 Å². The molecule has 5 aliphatic rings. The maximum atomic E-state index is 12.7. The van der Waals surface area contributed by atoms with Crippen LogP contribution in [0.25, 0.3) is 88.6 Å². The molecule has 4 heterocycles. The van der Waals surface area contributed by atoms with Gasteiger partial charge in [-0.3, -0.25) is 19.2 Å². The predicted octanol–water partition coefficient (Wildman–Crippen LogP) is 19.6. The first-order valence-corrected chi connectivity index (χ1v) is 39.0. The van der Waals surface area contributed by atoms with Crippen LogP contribution in [0.1, 0.15) is 138 Å². The Balaban J connectivity index is 0.000000124. The fourth-order valence-electron chi connectivity index (χ4n) is 13.9. The lowest BCUT2D eigenvalue weighted by molar-refractivity contribution is -0.154. The fourth-order valence-corrected chi connectivity index (χ4v) is 15.5. The Morgan fingerprint density at radius 1 is 0.429 bits per heavy atom. The van der Waals surface area contributed by atoms with E-state index in [1.165, 1.54) is 67.3 Å². The van der Waals surface area contributed by atoms with Crippen molar-refractivity contribution in [3.8, 4) is 67.5 Å². The number of halogens is 6. The molecule has 0 bridgehead atoms. The molecular weight excluding hydrogens is 1520 g/mol. The average molecular weight is 1590 g/mol. The molecule has 0 radical (unpaired) electrons. The maximum Gasteiger partial charge on any atom is 0.422 e. The molecular formula is C82H76F6N8O13S3. The van der Waals surface area contributed by atoms with Gasteiger partial charge in [-0.25, -0.2) is 4.63 Å². The van der Waals surface area contributed by atoms with E-state index < -0.39 is 72.1 Å². The van der Waals surface area contributed by atoms with Gasteiger partial charge in [-0.2, -0.15) is 52.6 Å². The maximum absolute atomic E-state index is 12.7. The Morgan fingerprint density at radius 2 is 0.777 bits per heavy atom. The highest BCUT2D eigenvalue weighted by Gasteiger charge is 2.48. The summed E-state index contributed by atoms with van der Waals surface area (Å²) in [5.41, 5.74) is 12.2. The van der Waals surface area contributed by atoms with Crippen LogP contribution in [-0.2, 0) is 30.0 Å². The van der Waals surface area contributed by atoms with Crippen molar-refractivity contribution >= 4 is 103 Å². The van der Waals surface area contributed by atoms with Crippen LogP contribution in [0.15, 0.2) is 150 Å². The number of carbonyl (C=O) groups is 4. The normalized spacial score (nSPS) is 16.2. The number of fused-ring (bicyclic) bond motifs is 4. The molecule has 30 heteroatoms. The molecule has 0 saturated heterocycles. The Kier molecular flexibility index (Phi) is 22.9. The molecule has 2 atom stereocenters. The topological polar surface area (TPSA) is 302 Å². The van der Waals surface area contributed by atoms with Gasteiger partial charge in [0.15, 0.2) is 13.2 Å². The molecule has 8 aromatic carbocycles. The summed E-state index contributed by atoms with van der Waals surface area (Å²) in [6.45, 7) is 2.65. The molecule has 12 aromatic rings. The fraction of sp³-hybridized carbons (Fsp3) is 0.366. The van der Waals surface area contributed by atoms with E-state index >= 15 is 0 Å². The first kappa shape index (κ1) is 78.0. The van der Waals surface area contributed by atoms with Gasteiger partial charge in [0.05, 0.1) is 71.1 Å². The highest BCUT2D eigenvalue weighted by Crippen LogP contribution is 2.50. The van der Waals surface area contributed by atoms with E-state index in [1.54, 1.807) is 54.6 Å². The third kappa shape index (κ3) is 18.4. The number of rotatable bonds is 26. The molecule has 17 rings (SSSR count). The van der Waals surface area contributed by atoms with E-state index in [9.17, 15) is 65.9 Å². The van der Waals surface area contributed by atoms with Gasteiger partial charge < -0.3 is 39.4 Å². The molecule has 582 valence electrons. The Morgan fingerprint density at radius 3 is 1.13 bits per heavy atom. The van der Waals surface area contributed by atoms with Crippen LogP contribution < -0.4 is 18.9 Å². The summed E-state index contributed by atoms with van der Waals surface area (Å²) in [5, 5.41) is 46.4.